The van der Waals surface area contributed by atoms with Crippen molar-refractivity contribution in [3.05, 3.63) is 57.6 Å². The van der Waals surface area contributed by atoms with Crippen molar-refractivity contribution in [1.29, 1.82) is 0 Å². The van der Waals surface area contributed by atoms with Crippen LogP contribution in [0.25, 0.3) is 0 Å². The quantitative estimate of drug-likeness (QED) is 0.870. The average Bonchev–Trinajstić information content (AvgIpc) is 2.36. The zero-order valence-corrected chi connectivity index (χ0v) is 13.1. The molecule has 106 valence electrons. The minimum Gasteiger partial charge on any atom is -0.398 e. The molecule has 0 saturated heterocycles. The summed E-state index contributed by atoms with van der Waals surface area (Å²) < 4.78 is 24.7. The molecule has 0 atom stereocenters. The van der Waals surface area contributed by atoms with Crippen molar-refractivity contribution in [2.75, 3.05) is 5.73 Å². The number of aryl methyl sites for hydroxylation is 1. The Labute approximate surface area is 128 Å². The molecule has 0 aromatic heterocycles. The minimum atomic E-state index is -3.51. The molecule has 0 bridgehead atoms. The number of benzene rings is 2. The van der Waals surface area contributed by atoms with E-state index in [0.717, 1.165) is 5.56 Å². The fourth-order valence-electron chi connectivity index (χ4n) is 1.76. The highest BCUT2D eigenvalue weighted by molar-refractivity contribution is 7.90. The Morgan fingerprint density at radius 3 is 2.35 bits per heavy atom. The number of rotatable bonds is 3. The van der Waals surface area contributed by atoms with Crippen LogP contribution >= 0.6 is 23.2 Å². The van der Waals surface area contributed by atoms with Gasteiger partial charge in [-0.2, -0.15) is 0 Å². The van der Waals surface area contributed by atoms with E-state index in [1.54, 1.807) is 12.1 Å². The fourth-order valence-corrected chi connectivity index (χ4v) is 3.79. The molecule has 0 aliphatic carbocycles. The van der Waals surface area contributed by atoms with E-state index in [1.807, 2.05) is 13.0 Å². The first-order valence-electron chi connectivity index (χ1n) is 5.82. The van der Waals surface area contributed by atoms with E-state index in [1.165, 1.54) is 18.2 Å². The van der Waals surface area contributed by atoms with Gasteiger partial charge in [0.15, 0.2) is 9.84 Å². The summed E-state index contributed by atoms with van der Waals surface area (Å²) >= 11 is 11.9. The molecule has 0 amide bonds. The number of nitrogens with two attached hydrogens (primary N) is 1. The van der Waals surface area contributed by atoms with Gasteiger partial charge in [-0.1, -0.05) is 35.3 Å². The van der Waals surface area contributed by atoms with Gasteiger partial charge < -0.3 is 5.73 Å². The average molecular weight is 330 g/mol. The third-order valence-corrected chi connectivity index (χ3v) is 5.23. The van der Waals surface area contributed by atoms with Crippen LogP contribution < -0.4 is 5.73 Å². The maximum absolute atomic E-state index is 12.3. The van der Waals surface area contributed by atoms with Crippen LogP contribution in [0.15, 0.2) is 41.3 Å². The molecule has 0 spiro atoms. The Hall–Kier alpha value is -1.23. The van der Waals surface area contributed by atoms with E-state index in [4.69, 9.17) is 28.9 Å². The second kappa shape index (κ2) is 5.64. The van der Waals surface area contributed by atoms with Gasteiger partial charge in [-0.05, 0) is 42.3 Å². The van der Waals surface area contributed by atoms with Crippen LogP contribution in [0.2, 0.25) is 10.0 Å². The first-order chi connectivity index (χ1) is 9.29. The molecule has 20 heavy (non-hydrogen) atoms. The lowest BCUT2D eigenvalue weighted by Crippen LogP contribution is -2.06. The fraction of sp³-hybridized carbons (Fsp3) is 0.143. The molecule has 6 heteroatoms. The molecule has 0 aliphatic rings. The molecule has 2 N–H and O–H groups in total. The van der Waals surface area contributed by atoms with Crippen LogP contribution in [0.4, 0.5) is 5.69 Å². The number of hydrogen-bond donors (Lipinski definition) is 1. The molecule has 3 nitrogen and oxygen atoms in total. The highest BCUT2D eigenvalue weighted by atomic mass is 35.5. The van der Waals surface area contributed by atoms with Gasteiger partial charge in [-0.15, -0.1) is 0 Å². The van der Waals surface area contributed by atoms with Gasteiger partial charge in [0.05, 0.1) is 21.4 Å². The van der Waals surface area contributed by atoms with E-state index in [-0.39, 0.29) is 15.7 Å². The summed E-state index contributed by atoms with van der Waals surface area (Å²) in [6, 6.07) is 9.56. The zero-order chi connectivity index (χ0) is 14.9. The summed E-state index contributed by atoms with van der Waals surface area (Å²) in [6.07, 6.45) is 0. The topological polar surface area (TPSA) is 60.2 Å². The monoisotopic (exact) mass is 329 g/mol. The predicted molar refractivity (Wildman–Crippen MR) is 82.9 cm³/mol. The van der Waals surface area contributed by atoms with Gasteiger partial charge in [-0.25, -0.2) is 8.42 Å². The Balaban J connectivity index is 2.38. The lowest BCUT2D eigenvalue weighted by atomic mass is 10.2. The normalized spacial score (nSPS) is 11.6. The molecule has 0 aliphatic heterocycles. The standard InChI is InChI=1S/C14H13Cl2NO2S/c1-9-2-3-10(12(15)6-9)8-20(18,19)11-4-5-14(17)13(16)7-11/h2-7H,8,17H2,1H3. The van der Waals surface area contributed by atoms with E-state index in [0.29, 0.717) is 16.3 Å². The molecule has 2 aromatic carbocycles. The summed E-state index contributed by atoms with van der Waals surface area (Å²) in [7, 11) is -3.51. The molecular weight excluding hydrogens is 317 g/mol. The molecule has 2 aromatic rings. The second-order valence-electron chi connectivity index (χ2n) is 4.54. The Kier molecular flexibility index (Phi) is 4.28. The molecule has 0 radical (unpaired) electrons. The lowest BCUT2D eigenvalue weighted by Gasteiger charge is -2.08. The van der Waals surface area contributed by atoms with Crippen LogP contribution in [-0.4, -0.2) is 8.42 Å². The van der Waals surface area contributed by atoms with Gasteiger partial charge in [0, 0.05) is 5.02 Å². The van der Waals surface area contributed by atoms with Gasteiger partial charge in [-0.3, -0.25) is 0 Å². The highest BCUT2D eigenvalue weighted by Gasteiger charge is 2.18. The third-order valence-electron chi connectivity index (χ3n) is 2.89. The van der Waals surface area contributed by atoms with Gasteiger partial charge in [0.1, 0.15) is 0 Å². The van der Waals surface area contributed by atoms with Crippen LogP contribution in [0.3, 0.4) is 0 Å². The number of sulfone groups is 1. The highest BCUT2D eigenvalue weighted by Crippen LogP contribution is 2.27. The Bertz CT molecular complexity index is 758. The summed E-state index contributed by atoms with van der Waals surface area (Å²) in [5.41, 5.74) is 7.46. The summed E-state index contributed by atoms with van der Waals surface area (Å²) in [5.74, 6) is -0.174. The number of halogens is 2. The van der Waals surface area contributed by atoms with Crippen LogP contribution in [0, 0.1) is 6.92 Å². The lowest BCUT2D eigenvalue weighted by molar-refractivity contribution is 0.595. The van der Waals surface area contributed by atoms with E-state index >= 15 is 0 Å². The van der Waals surface area contributed by atoms with Gasteiger partial charge in [0.2, 0.25) is 0 Å². The molecule has 0 fully saturated rings. The van der Waals surface area contributed by atoms with E-state index < -0.39 is 9.84 Å². The molecular formula is C14H13Cl2NO2S. The van der Waals surface area contributed by atoms with E-state index in [9.17, 15) is 8.42 Å². The molecule has 0 saturated carbocycles. The summed E-state index contributed by atoms with van der Waals surface area (Å²) in [5, 5.41) is 0.663. The third kappa shape index (κ3) is 3.26. The smallest absolute Gasteiger partial charge is 0.182 e. The summed E-state index contributed by atoms with van der Waals surface area (Å²) in [6.45, 7) is 1.89. The maximum atomic E-state index is 12.3. The van der Waals surface area contributed by atoms with Crippen LogP contribution in [0.1, 0.15) is 11.1 Å². The van der Waals surface area contributed by atoms with Crippen molar-refractivity contribution < 1.29 is 8.42 Å². The van der Waals surface area contributed by atoms with E-state index in [2.05, 4.69) is 0 Å². The Morgan fingerprint density at radius 2 is 1.75 bits per heavy atom. The van der Waals surface area contributed by atoms with Gasteiger partial charge >= 0.3 is 0 Å². The Morgan fingerprint density at radius 1 is 1.05 bits per heavy atom. The van der Waals surface area contributed by atoms with Crippen molar-refractivity contribution in [3.8, 4) is 0 Å². The van der Waals surface area contributed by atoms with Crippen LogP contribution in [-0.2, 0) is 15.6 Å². The van der Waals surface area contributed by atoms with Crippen molar-refractivity contribution >= 4 is 38.7 Å². The first kappa shape index (κ1) is 15.2. The minimum absolute atomic E-state index is 0.133. The number of hydrogen-bond acceptors (Lipinski definition) is 3. The SMILES string of the molecule is Cc1ccc(CS(=O)(=O)c2ccc(N)c(Cl)c2)c(Cl)c1. The first-order valence-corrected chi connectivity index (χ1v) is 8.23. The second-order valence-corrected chi connectivity index (χ2v) is 7.34. The van der Waals surface area contributed by atoms with Crippen molar-refractivity contribution in [2.24, 2.45) is 0 Å². The number of anilines is 1. The van der Waals surface area contributed by atoms with Crippen molar-refractivity contribution in [2.45, 2.75) is 17.6 Å². The van der Waals surface area contributed by atoms with Crippen molar-refractivity contribution in [3.63, 3.8) is 0 Å². The predicted octanol–water partition coefficient (Wildman–Crippen LogP) is 3.86. The summed E-state index contributed by atoms with van der Waals surface area (Å²) in [4.78, 5) is 0.133. The molecule has 2 rings (SSSR count). The molecule has 0 unspecified atom stereocenters. The zero-order valence-electron chi connectivity index (χ0n) is 10.7. The largest absolute Gasteiger partial charge is 0.398 e. The maximum Gasteiger partial charge on any atom is 0.182 e. The van der Waals surface area contributed by atoms with Crippen LogP contribution in [0.5, 0.6) is 0 Å². The van der Waals surface area contributed by atoms with Gasteiger partial charge in [0.25, 0.3) is 0 Å². The molecule has 0 heterocycles. The van der Waals surface area contributed by atoms with Crippen molar-refractivity contribution in [1.82, 2.24) is 0 Å². The number of nitrogen functional groups attached to an aromatic ring is 1.